The highest BCUT2D eigenvalue weighted by atomic mass is 16.4. The number of aryl methyl sites for hydroxylation is 2. The third-order valence-corrected chi connectivity index (χ3v) is 3.69. The van der Waals surface area contributed by atoms with Crippen molar-refractivity contribution in [3.05, 3.63) is 74.1 Å². The van der Waals surface area contributed by atoms with Crippen molar-refractivity contribution in [2.24, 2.45) is 0 Å². The van der Waals surface area contributed by atoms with Crippen molar-refractivity contribution in [3.63, 3.8) is 0 Å². The number of nitrogens with one attached hydrogen (secondary N) is 2. The Morgan fingerprint density at radius 1 is 0.885 bits per heavy atom. The van der Waals surface area contributed by atoms with Crippen LogP contribution in [-0.2, 0) is 4.79 Å². The maximum absolute atomic E-state index is 11.2. The van der Waals surface area contributed by atoms with Crippen molar-refractivity contribution in [1.29, 1.82) is 0 Å². The lowest BCUT2D eigenvalue weighted by Crippen LogP contribution is -2.14. The molecule has 2 N–H and O–H groups in total. The second kappa shape index (κ2) is 7.18. The molecular formula is C19H18N2O5. The van der Waals surface area contributed by atoms with Gasteiger partial charge in [0.25, 0.3) is 11.7 Å². The summed E-state index contributed by atoms with van der Waals surface area (Å²) in [6.45, 7) is 3.75. The number of benzene rings is 2. The molecule has 0 saturated heterocycles. The lowest BCUT2D eigenvalue weighted by Gasteiger charge is -1.96. The molecule has 1 aliphatic heterocycles. The van der Waals surface area contributed by atoms with E-state index in [1.807, 2.05) is 26.0 Å². The zero-order valence-electron chi connectivity index (χ0n) is 13.5. The molecule has 0 radical (unpaired) electrons. The summed E-state index contributed by atoms with van der Waals surface area (Å²) >= 11 is 0. The maximum Gasteiger partial charge on any atom is 0.419 e. The zero-order chi connectivity index (χ0) is 18.1. The monoisotopic (exact) mass is 354 g/mol. The van der Waals surface area contributed by atoms with Gasteiger partial charge in [0.15, 0.2) is 0 Å². The Morgan fingerprint density at radius 3 is 2.27 bits per heavy atom. The van der Waals surface area contributed by atoms with E-state index in [1.165, 1.54) is 0 Å². The molecule has 0 atom stereocenters. The second-order valence-corrected chi connectivity index (χ2v) is 5.68. The van der Waals surface area contributed by atoms with E-state index in [-0.39, 0.29) is 7.43 Å². The molecule has 0 spiro atoms. The summed E-state index contributed by atoms with van der Waals surface area (Å²) in [5.41, 5.74) is 2.95. The highest BCUT2D eigenvalue weighted by molar-refractivity contribution is 6.51. The number of H-pyrrole nitrogens is 1. The summed E-state index contributed by atoms with van der Waals surface area (Å²) in [6.07, 6.45) is 0. The summed E-state index contributed by atoms with van der Waals surface area (Å²) in [7, 11) is 0. The van der Waals surface area contributed by atoms with Gasteiger partial charge in [0.05, 0.1) is 22.2 Å². The first-order valence-electron chi connectivity index (χ1n) is 7.45. The van der Waals surface area contributed by atoms with Crippen LogP contribution in [0.4, 0.5) is 5.69 Å². The molecule has 2 heterocycles. The number of hydrogen-bond acceptors (Lipinski definition) is 5. The molecule has 7 heteroatoms. The van der Waals surface area contributed by atoms with Gasteiger partial charge in [0, 0.05) is 0 Å². The van der Waals surface area contributed by atoms with Crippen molar-refractivity contribution >= 4 is 28.3 Å². The molecule has 0 aliphatic carbocycles. The number of carbonyl (C=O) groups excluding carboxylic acids is 2. The summed E-state index contributed by atoms with van der Waals surface area (Å²) in [4.78, 5) is 46.4. The summed E-state index contributed by atoms with van der Waals surface area (Å²) in [6, 6.07) is 10.5. The van der Waals surface area contributed by atoms with Crippen molar-refractivity contribution < 1.29 is 14.0 Å². The molecule has 7 nitrogen and oxygen atoms in total. The number of aromatic nitrogens is 1. The molecule has 4 rings (SSSR count). The first-order chi connectivity index (χ1) is 11.8. The van der Waals surface area contributed by atoms with Crippen LogP contribution in [0.5, 0.6) is 0 Å². The third kappa shape index (κ3) is 3.61. The fraction of sp³-hybridized carbons (Fsp3) is 0.158. The van der Waals surface area contributed by atoms with Crippen LogP contribution in [0.2, 0.25) is 0 Å². The molecule has 3 aromatic rings. The number of aromatic amines is 1. The van der Waals surface area contributed by atoms with Crippen LogP contribution < -0.4 is 16.7 Å². The lowest BCUT2D eigenvalue weighted by atomic mass is 10.1. The van der Waals surface area contributed by atoms with E-state index in [0.717, 1.165) is 11.1 Å². The largest absolute Gasteiger partial charge is 0.419 e. The highest BCUT2D eigenvalue weighted by Crippen LogP contribution is 2.23. The Bertz CT molecular complexity index is 1120. The van der Waals surface area contributed by atoms with E-state index < -0.39 is 23.1 Å². The fourth-order valence-electron chi connectivity index (χ4n) is 2.47. The molecule has 1 aliphatic rings. The predicted octanol–water partition coefficient (Wildman–Crippen LogP) is 2.56. The number of anilines is 1. The first-order valence-corrected chi connectivity index (χ1v) is 7.45. The van der Waals surface area contributed by atoms with E-state index >= 15 is 0 Å². The summed E-state index contributed by atoms with van der Waals surface area (Å²) in [5.74, 6) is -1.69. The summed E-state index contributed by atoms with van der Waals surface area (Å²) < 4.78 is 4.38. The number of carbonyl (C=O) groups is 2. The van der Waals surface area contributed by atoms with E-state index in [2.05, 4.69) is 14.7 Å². The van der Waals surface area contributed by atoms with Gasteiger partial charge in [-0.05, 0) is 38.1 Å². The standard InChI is InChI=1S/C9H7NO3.C9H7NO2.CH4/c1-5-2-3-7-6(4-5)8(11)13-9(12)10-7;1-5-2-3-7-6(4-5)8(11)9(12)10-7;/h2-4H,1H3,(H,10,12);2-4H,1H3,(H,10,11,12);1H4. The molecule has 1 amide bonds. The van der Waals surface area contributed by atoms with Crippen LogP contribution in [0.25, 0.3) is 10.9 Å². The Kier molecular flexibility index (Phi) is 5.21. The van der Waals surface area contributed by atoms with Gasteiger partial charge in [-0.3, -0.25) is 14.6 Å². The van der Waals surface area contributed by atoms with Gasteiger partial charge in [-0.2, -0.15) is 0 Å². The van der Waals surface area contributed by atoms with Gasteiger partial charge in [0.1, 0.15) is 0 Å². The van der Waals surface area contributed by atoms with Crippen molar-refractivity contribution in [2.75, 3.05) is 5.32 Å². The zero-order valence-corrected chi connectivity index (χ0v) is 13.5. The van der Waals surface area contributed by atoms with Gasteiger partial charge in [-0.15, -0.1) is 0 Å². The predicted molar refractivity (Wildman–Crippen MR) is 98.7 cm³/mol. The van der Waals surface area contributed by atoms with E-state index in [4.69, 9.17) is 0 Å². The van der Waals surface area contributed by atoms with Gasteiger partial charge in [0.2, 0.25) is 0 Å². The minimum Gasteiger partial charge on any atom is -0.372 e. The molecule has 0 fully saturated rings. The lowest BCUT2D eigenvalue weighted by molar-refractivity contribution is -0.112. The Hall–Kier alpha value is -3.48. The van der Waals surface area contributed by atoms with Gasteiger partial charge in [-0.25, -0.2) is 9.59 Å². The quantitative estimate of drug-likeness (QED) is 0.603. The number of amides is 1. The van der Waals surface area contributed by atoms with Gasteiger partial charge >= 0.3 is 11.4 Å². The number of hydrogen-bond donors (Lipinski definition) is 2. The molecule has 26 heavy (non-hydrogen) atoms. The summed E-state index contributed by atoms with van der Waals surface area (Å²) in [5, 5.41) is 2.89. The topological polar surface area (TPSA) is 109 Å². The van der Waals surface area contributed by atoms with Crippen LogP contribution in [0.15, 0.2) is 50.4 Å². The SMILES string of the molecule is C.Cc1ccc2[nH]c(=O)oc(=O)c2c1.Cc1ccc2c(c1)C(=O)C(=O)N2. The van der Waals surface area contributed by atoms with Crippen molar-refractivity contribution in [2.45, 2.75) is 21.3 Å². The van der Waals surface area contributed by atoms with Crippen LogP contribution in [0.1, 0.15) is 28.9 Å². The maximum atomic E-state index is 11.2. The minimum absolute atomic E-state index is 0. The van der Waals surface area contributed by atoms with Crippen molar-refractivity contribution in [3.8, 4) is 0 Å². The van der Waals surface area contributed by atoms with E-state index in [9.17, 15) is 19.2 Å². The third-order valence-electron chi connectivity index (χ3n) is 3.69. The number of Topliss-reactive ketones (excluding diaryl/α,β-unsaturated/α-hetero) is 1. The molecule has 0 saturated carbocycles. The number of fused-ring (bicyclic) bond motifs is 2. The Balaban J connectivity index is 0.000000180. The highest BCUT2D eigenvalue weighted by Gasteiger charge is 2.27. The number of ketones is 1. The van der Waals surface area contributed by atoms with Gasteiger partial charge in [-0.1, -0.05) is 30.7 Å². The number of rotatable bonds is 0. The van der Waals surface area contributed by atoms with Gasteiger partial charge < -0.3 is 9.73 Å². The molecular weight excluding hydrogens is 336 g/mol. The van der Waals surface area contributed by atoms with E-state index in [0.29, 0.717) is 22.2 Å². The van der Waals surface area contributed by atoms with Crippen LogP contribution in [0, 0.1) is 13.8 Å². The van der Waals surface area contributed by atoms with Crippen LogP contribution >= 0.6 is 0 Å². The molecule has 0 unspecified atom stereocenters. The Morgan fingerprint density at radius 2 is 1.54 bits per heavy atom. The normalized spacial score (nSPS) is 11.9. The smallest absolute Gasteiger partial charge is 0.372 e. The van der Waals surface area contributed by atoms with Crippen molar-refractivity contribution in [1.82, 2.24) is 4.98 Å². The molecule has 2 aromatic carbocycles. The Labute approximate surface area is 148 Å². The van der Waals surface area contributed by atoms with Crippen LogP contribution in [0.3, 0.4) is 0 Å². The molecule has 0 bridgehead atoms. The average molecular weight is 354 g/mol. The van der Waals surface area contributed by atoms with Crippen LogP contribution in [-0.4, -0.2) is 16.7 Å². The fourth-order valence-corrected chi connectivity index (χ4v) is 2.47. The average Bonchev–Trinajstić information content (AvgIpc) is 2.84. The first kappa shape index (κ1) is 18.9. The van der Waals surface area contributed by atoms with E-state index in [1.54, 1.807) is 24.3 Å². The molecule has 134 valence electrons. The minimum atomic E-state index is -0.721. The second-order valence-electron chi connectivity index (χ2n) is 5.68. The molecule has 1 aromatic heterocycles.